The Morgan fingerprint density at radius 2 is 2.03 bits per heavy atom. The molecule has 0 radical (unpaired) electrons. The fourth-order valence-corrected chi connectivity index (χ4v) is 7.74. The maximum absolute atomic E-state index is 13.1. The average molecular weight is 399 g/mol. The highest BCUT2D eigenvalue weighted by molar-refractivity contribution is 5.82. The third-order valence-electron chi connectivity index (χ3n) is 9.39. The zero-order chi connectivity index (χ0) is 20.4. The van der Waals surface area contributed by atoms with Crippen molar-refractivity contribution in [2.24, 2.45) is 34.5 Å². The van der Waals surface area contributed by atoms with Gasteiger partial charge in [0.25, 0.3) is 0 Å². The summed E-state index contributed by atoms with van der Waals surface area (Å²) in [5, 5.41) is 22.3. The van der Waals surface area contributed by atoms with Crippen LogP contribution < -0.4 is 0 Å². The Bertz CT molecular complexity index is 832. The van der Waals surface area contributed by atoms with E-state index in [1.807, 2.05) is 6.92 Å². The predicted octanol–water partition coefficient (Wildman–Crippen LogP) is 3.57. The van der Waals surface area contributed by atoms with Gasteiger partial charge in [0.2, 0.25) is 0 Å². The largest absolute Gasteiger partial charge is 0.390 e. The van der Waals surface area contributed by atoms with Gasteiger partial charge in [-0.15, -0.1) is 10.2 Å². The third kappa shape index (κ3) is 2.93. The van der Waals surface area contributed by atoms with Crippen molar-refractivity contribution in [2.45, 2.75) is 84.3 Å². The van der Waals surface area contributed by atoms with Crippen molar-refractivity contribution in [1.29, 1.82) is 0 Å². The monoisotopic (exact) mass is 398 g/mol. The predicted molar refractivity (Wildman–Crippen MR) is 109 cm³/mol. The Kier molecular flexibility index (Phi) is 4.33. The number of hydrogen-bond acceptors (Lipinski definition) is 5. The Morgan fingerprint density at radius 3 is 2.79 bits per heavy atom. The quantitative estimate of drug-likeness (QED) is 0.787. The van der Waals surface area contributed by atoms with Crippen LogP contribution in [0, 0.1) is 34.5 Å². The molecule has 0 aliphatic heterocycles. The fourth-order valence-electron chi connectivity index (χ4n) is 7.74. The van der Waals surface area contributed by atoms with E-state index in [9.17, 15) is 9.90 Å². The van der Waals surface area contributed by atoms with E-state index in [0.717, 1.165) is 38.5 Å². The standard InChI is InChI=1S/C23H34N4O2/c1-21(29)10-11-22(2)15(12-21)4-5-16-17-6-7-19(23(17,3)9-8-18(16)22)20(28)13-27-25-14-24-26-27/h8,14-17,19,29H,4-7,9-13H2,1-3H3/t15-,16-,17?,19+,21+,22-,23-/m0/s1. The van der Waals surface area contributed by atoms with Crippen LogP contribution in [-0.2, 0) is 11.3 Å². The van der Waals surface area contributed by atoms with Gasteiger partial charge in [-0.2, -0.15) is 4.80 Å². The van der Waals surface area contributed by atoms with Crippen molar-refractivity contribution in [2.75, 3.05) is 0 Å². The van der Waals surface area contributed by atoms with Gasteiger partial charge in [-0.05, 0) is 92.1 Å². The summed E-state index contributed by atoms with van der Waals surface area (Å²) in [4.78, 5) is 14.5. The van der Waals surface area contributed by atoms with Crippen molar-refractivity contribution < 1.29 is 9.90 Å². The van der Waals surface area contributed by atoms with Crippen LogP contribution in [0.25, 0.3) is 0 Å². The molecule has 1 heterocycles. The number of carbonyl (C=O) groups is 1. The topological polar surface area (TPSA) is 80.9 Å². The van der Waals surface area contributed by atoms with E-state index in [1.165, 1.54) is 24.0 Å². The van der Waals surface area contributed by atoms with Gasteiger partial charge in [-0.3, -0.25) is 4.79 Å². The van der Waals surface area contributed by atoms with Crippen molar-refractivity contribution in [1.82, 2.24) is 20.2 Å². The molecule has 1 aromatic heterocycles. The molecule has 158 valence electrons. The molecule has 3 saturated carbocycles. The molecular weight excluding hydrogens is 364 g/mol. The van der Waals surface area contributed by atoms with E-state index < -0.39 is 5.60 Å². The van der Waals surface area contributed by atoms with E-state index >= 15 is 0 Å². The number of fused-ring (bicyclic) bond motifs is 5. The van der Waals surface area contributed by atoms with Crippen molar-refractivity contribution in [3.63, 3.8) is 0 Å². The third-order valence-corrected chi connectivity index (χ3v) is 9.39. The number of Topliss-reactive ketones (excluding diaryl/α,β-unsaturated/α-hetero) is 1. The molecular formula is C23H34N4O2. The molecule has 4 aliphatic rings. The van der Waals surface area contributed by atoms with Gasteiger partial charge >= 0.3 is 0 Å². The second-order valence-corrected chi connectivity index (χ2v) is 11.0. The highest BCUT2D eigenvalue weighted by Gasteiger charge is 2.59. The number of allylic oxidation sites excluding steroid dienone is 2. The minimum absolute atomic E-state index is 0.0508. The summed E-state index contributed by atoms with van der Waals surface area (Å²) < 4.78 is 0. The maximum atomic E-state index is 13.1. The van der Waals surface area contributed by atoms with Crippen LogP contribution in [0.15, 0.2) is 18.0 Å². The van der Waals surface area contributed by atoms with E-state index in [1.54, 1.807) is 5.57 Å². The normalized spacial score (nSPS) is 46.4. The van der Waals surface area contributed by atoms with E-state index in [2.05, 4.69) is 35.3 Å². The Hall–Kier alpha value is -1.56. The maximum Gasteiger partial charge on any atom is 0.162 e. The number of aromatic nitrogens is 4. The molecule has 4 aliphatic carbocycles. The van der Waals surface area contributed by atoms with E-state index in [0.29, 0.717) is 17.8 Å². The van der Waals surface area contributed by atoms with Crippen molar-refractivity contribution in [3.8, 4) is 0 Å². The number of nitrogens with zero attached hydrogens (tertiary/aromatic N) is 4. The summed E-state index contributed by atoms with van der Waals surface area (Å²) in [5.74, 6) is 2.16. The molecule has 0 saturated heterocycles. The first kappa shape index (κ1) is 19.4. The van der Waals surface area contributed by atoms with Gasteiger partial charge in [-0.1, -0.05) is 25.5 Å². The lowest BCUT2D eigenvalue weighted by molar-refractivity contribution is -0.128. The molecule has 1 unspecified atom stereocenters. The second kappa shape index (κ2) is 6.47. The van der Waals surface area contributed by atoms with Crippen LogP contribution in [0.1, 0.15) is 72.1 Å². The molecule has 0 amide bonds. The molecule has 1 N–H and O–H groups in total. The summed E-state index contributed by atoms with van der Waals surface area (Å²) >= 11 is 0. The Balaban J connectivity index is 1.40. The second-order valence-electron chi connectivity index (χ2n) is 11.0. The van der Waals surface area contributed by atoms with Crippen molar-refractivity contribution >= 4 is 5.78 Å². The van der Waals surface area contributed by atoms with E-state index in [4.69, 9.17) is 0 Å². The highest BCUT2D eigenvalue weighted by atomic mass is 16.3. The van der Waals surface area contributed by atoms with Gasteiger partial charge in [0, 0.05) is 5.92 Å². The number of aliphatic hydroxyl groups is 1. The number of hydrogen-bond donors (Lipinski definition) is 1. The molecule has 7 atom stereocenters. The van der Waals surface area contributed by atoms with Gasteiger partial charge < -0.3 is 5.11 Å². The van der Waals surface area contributed by atoms with E-state index in [-0.39, 0.29) is 29.1 Å². The van der Waals surface area contributed by atoms with Gasteiger partial charge in [0.15, 0.2) is 12.1 Å². The zero-order valence-electron chi connectivity index (χ0n) is 18.0. The summed E-state index contributed by atoms with van der Waals surface area (Å²) in [6.07, 6.45) is 12.4. The molecule has 1 aromatic rings. The van der Waals surface area contributed by atoms with Crippen LogP contribution in [0.2, 0.25) is 0 Å². The molecule has 5 rings (SSSR count). The van der Waals surface area contributed by atoms with Gasteiger partial charge in [-0.25, -0.2) is 0 Å². The first-order chi connectivity index (χ1) is 13.7. The van der Waals surface area contributed by atoms with Crippen LogP contribution >= 0.6 is 0 Å². The number of rotatable bonds is 3. The van der Waals surface area contributed by atoms with Crippen LogP contribution in [0.5, 0.6) is 0 Å². The lowest BCUT2D eigenvalue weighted by atomic mass is 9.47. The number of ketones is 1. The lowest BCUT2D eigenvalue weighted by Gasteiger charge is -2.58. The molecule has 6 nitrogen and oxygen atoms in total. The SMILES string of the molecule is C[C@@]1(O)CC[C@]2(C)C3=CC[C@@]4(C)C(CC[C@@H]4C(=O)Cn4ncnn4)[C@@H]3CC[C@H]2C1. The summed E-state index contributed by atoms with van der Waals surface area (Å²) in [6, 6.07) is 0. The lowest BCUT2D eigenvalue weighted by Crippen LogP contribution is -2.51. The minimum atomic E-state index is -0.499. The van der Waals surface area contributed by atoms with Crippen molar-refractivity contribution in [3.05, 3.63) is 18.0 Å². The summed E-state index contributed by atoms with van der Waals surface area (Å²) in [6.45, 7) is 7.07. The smallest absolute Gasteiger partial charge is 0.162 e. The van der Waals surface area contributed by atoms with Crippen LogP contribution in [0.3, 0.4) is 0 Å². The highest BCUT2D eigenvalue weighted by Crippen LogP contribution is 2.66. The minimum Gasteiger partial charge on any atom is -0.390 e. The van der Waals surface area contributed by atoms with Gasteiger partial charge in [0.05, 0.1) is 5.60 Å². The first-order valence-corrected chi connectivity index (χ1v) is 11.4. The molecule has 0 bridgehead atoms. The number of tetrazole rings is 1. The molecule has 0 spiro atoms. The number of carbonyl (C=O) groups excluding carboxylic acids is 1. The fraction of sp³-hybridized carbons (Fsp3) is 0.826. The van der Waals surface area contributed by atoms with Gasteiger partial charge in [0.1, 0.15) is 6.54 Å². The van der Waals surface area contributed by atoms with Crippen LogP contribution in [0.4, 0.5) is 0 Å². The zero-order valence-corrected chi connectivity index (χ0v) is 18.0. The Labute approximate surface area is 173 Å². The molecule has 3 fully saturated rings. The molecule has 0 aromatic carbocycles. The molecule has 6 heteroatoms. The van der Waals surface area contributed by atoms with Crippen LogP contribution in [-0.4, -0.2) is 36.7 Å². The Morgan fingerprint density at radius 1 is 1.21 bits per heavy atom. The summed E-state index contributed by atoms with van der Waals surface area (Å²) in [5.41, 5.74) is 1.45. The summed E-state index contributed by atoms with van der Waals surface area (Å²) in [7, 11) is 0. The average Bonchev–Trinajstić information content (AvgIpc) is 3.29. The first-order valence-electron chi connectivity index (χ1n) is 11.4. The molecule has 29 heavy (non-hydrogen) atoms.